The lowest BCUT2D eigenvalue weighted by atomic mass is 10.3. The predicted octanol–water partition coefficient (Wildman–Crippen LogP) is -0.0522. The number of ether oxygens (including phenoxy) is 3. The van der Waals surface area contributed by atoms with E-state index in [1.54, 1.807) is 17.2 Å². The first-order valence-electron chi connectivity index (χ1n) is 8.06. The van der Waals surface area contributed by atoms with Gasteiger partial charge in [-0.2, -0.15) is 0 Å². The Kier molecular flexibility index (Phi) is 8.39. The second kappa shape index (κ2) is 10.9. The van der Waals surface area contributed by atoms with Gasteiger partial charge in [0.05, 0.1) is 70.6 Å². The Morgan fingerprint density at radius 1 is 1.04 bits per heavy atom. The molecule has 2 heterocycles. The number of imidazole rings is 1. The summed E-state index contributed by atoms with van der Waals surface area (Å²) in [6.45, 7) is 5.09. The van der Waals surface area contributed by atoms with E-state index in [4.69, 9.17) is 14.2 Å². The maximum absolute atomic E-state index is 5.52. The maximum atomic E-state index is 5.52. The highest BCUT2D eigenvalue weighted by Crippen LogP contribution is 2.13. The van der Waals surface area contributed by atoms with Gasteiger partial charge in [-0.3, -0.25) is 0 Å². The van der Waals surface area contributed by atoms with Gasteiger partial charge in [-0.05, 0) is 7.05 Å². The Morgan fingerprint density at radius 2 is 1.75 bits per heavy atom. The summed E-state index contributed by atoms with van der Waals surface area (Å²) in [5.74, 6) is 0. The van der Waals surface area contributed by atoms with Gasteiger partial charge in [0.1, 0.15) is 5.69 Å². The molecule has 2 aromatic heterocycles. The molecule has 9 nitrogen and oxygen atoms in total. The topological polar surface area (TPSA) is 88.2 Å². The molecular weight excluding hydrogens is 312 g/mol. The van der Waals surface area contributed by atoms with Crippen LogP contribution in [0.2, 0.25) is 0 Å². The molecule has 2 rings (SSSR count). The van der Waals surface area contributed by atoms with Gasteiger partial charge in [0.15, 0.2) is 0 Å². The predicted molar refractivity (Wildman–Crippen MR) is 88.6 cm³/mol. The number of aromatic nitrogens is 5. The van der Waals surface area contributed by atoms with Gasteiger partial charge in [-0.25, -0.2) is 9.67 Å². The van der Waals surface area contributed by atoms with Crippen molar-refractivity contribution in [2.75, 3.05) is 53.2 Å². The molecule has 0 aliphatic rings. The van der Waals surface area contributed by atoms with Crippen molar-refractivity contribution in [3.63, 3.8) is 0 Å². The van der Waals surface area contributed by atoms with E-state index in [9.17, 15) is 0 Å². The van der Waals surface area contributed by atoms with Crippen LogP contribution in [-0.2, 0) is 27.8 Å². The van der Waals surface area contributed by atoms with Crippen LogP contribution in [0.1, 0.15) is 0 Å². The van der Waals surface area contributed by atoms with Gasteiger partial charge < -0.3 is 24.1 Å². The second-order valence-electron chi connectivity index (χ2n) is 5.20. The zero-order chi connectivity index (χ0) is 17.0. The quantitative estimate of drug-likeness (QED) is 0.512. The van der Waals surface area contributed by atoms with Crippen molar-refractivity contribution in [1.82, 2.24) is 29.9 Å². The van der Waals surface area contributed by atoms with E-state index in [0.29, 0.717) is 46.2 Å². The molecule has 0 aliphatic heterocycles. The number of rotatable bonds is 13. The minimum atomic E-state index is 0.555. The first-order valence-corrected chi connectivity index (χ1v) is 8.06. The molecule has 0 spiro atoms. The van der Waals surface area contributed by atoms with Crippen LogP contribution in [0.5, 0.6) is 0 Å². The third-order valence-electron chi connectivity index (χ3n) is 3.32. The summed E-state index contributed by atoms with van der Waals surface area (Å²) in [5.41, 5.74) is 1.74. The normalized spacial score (nSPS) is 11.2. The lowest BCUT2D eigenvalue weighted by Gasteiger charge is -2.06. The molecule has 0 unspecified atom stereocenters. The summed E-state index contributed by atoms with van der Waals surface area (Å²) >= 11 is 0. The third-order valence-corrected chi connectivity index (χ3v) is 3.32. The van der Waals surface area contributed by atoms with E-state index in [2.05, 4.69) is 20.6 Å². The van der Waals surface area contributed by atoms with Crippen molar-refractivity contribution in [2.24, 2.45) is 7.05 Å². The van der Waals surface area contributed by atoms with E-state index < -0.39 is 0 Å². The van der Waals surface area contributed by atoms with Gasteiger partial charge in [0.2, 0.25) is 0 Å². The smallest absolute Gasteiger partial charge is 0.131 e. The average molecular weight is 338 g/mol. The van der Waals surface area contributed by atoms with Crippen LogP contribution in [0.4, 0.5) is 0 Å². The van der Waals surface area contributed by atoms with Gasteiger partial charge in [-0.1, -0.05) is 5.21 Å². The molecule has 0 radical (unpaired) electrons. The zero-order valence-corrected chi connectivity index (χ0v) is 14.3. The SMILES string of the molecule is CNCCOCCOCCOCCn1cc(-c2cncn2C)nn1. The standard InChI is InChI=1S/C15H26N6O3/c1-16-3-5-22-7-9-24-10-8-23-6-4-21-12-14(18-19-21)15-11-17-13-20(15)2/h11-13,16H,3-10H2,1-2H3. The third kappa shape index (κ3) is 6.36. The van der Waals surface area contributed by atoms with Crippen molar-refractivity contribution in [1.29, 1.82) is 0 Å². The molecule has 0 aliphatic carbocycles. The number of hydrogen-bond donors (Lipinski definition) is 1. The average Bonchev–Trinajstić information content (AvgIpc) is 3.21. The van der Waals surface area contributed by atoms with Crippen LogP contribution in [0.3, 0.4) is 0 Å². The molecule has 0 saturated carbocycles. The summed E-state index contributed by atoms with van der Waals surface area (Å²) < 4.78 is 20.0. The molecular formula is C15H26N6O3. The van der Waals surface area contributed by atoms with Crippen LogP contribution in [0.25, 0.3) is 11.4 Å². The van der Waals surface area contributed by atoms with Crippen LogP contribution < -0.4 is 5.32 Å². The zero-order valence-electron chi connectivity index (χ0n) is 14.3. The molecule has 0 aromatic carbocycles. The lowest BCUT2D eigenvalue weighted by Crippen LogP contribution is -2.17. The minimum Gasteiger partial charge on any atom is -0.378 e. The van der Waals surface area contributed by atoms with Gasteiger partial charge in [0.25, 0.3) is 0 Å². The van der Waals surface area contributed by atoms with Crippen molar-refractivity contribution >= 4 is 0 Å². The fourth-order valence-corrected chi connectivity index (χ4v) is 2.00. The molecule has 0 bridgehead atoms. The summed E-state index contributed by atoms with van der Waals surface area (Å²) in [5, 5.41) is 11.2. The highest BCUT2D eigenvalue weighted by Gasteiger charge is 2.07. The minimum absolute atomic E-state index is 0.555. The first-order chi connectivity index (χ1) is 11.8. The Morgan fingerprint density at radius 3 is 2.42 bits per heavy atom. The molecule has 0 amide bonds. The summed E-state index contributed by atoms with van der Waals surface area (Å²) in [6.07, 6.45) is 5.40. The fourth-order valence-electron chi connectivity index (χ4n) is 2.00. The largest absolute Gasteiger partial charge is 0.378 e. The number of hydrogen-bond acceptors (Lipinski definition) is 7. The molecule has 2 aromatic rings. The molecule has 24 heavy (non-hydrogen) atoms. The molecule has 9 heteroatoms. The summed E-state index contributed by atoms with van der Waals surface area (Å²) in [4.78, 5) is 4.07. The van der Waals surface area contributed by atoms with Crippen LogP contribution >= 0.6 is 0 Å². The van der Waals surface area contributed by atoms with Gasteiger partial charge in [-0.15, -0.1) is 5.10 Å². The van der Waals surface area contributed by atoms with Crippen LogP contribution in [0.15, 0.2) is 18.7 Å². The van der Waals surface area contributed by atoms with Crippen LogP contribution in [0, 0.1) is 0 Å². The number of nitrogens with zero attached hydrogens (tertiary/aromatic N) is 5. The van der Waals surface area contributed by atoms with E-state index in [-0.39, 0.29) is 0 Å². The Hall–Kier alpha value is -1.81. The van der Waals surface area contributed by atoms with E-state index in [1.165, 1.54) is 0 Å². The summed E-state index contributed by atoms with van der Waals surface area (Å²) in [6, 6.07) is 0. The van der Waals surface area contributed by atoms with Crippen molar-refractivity contribution in [2.45, 2.75) is 6.54 Å². The Balaban J connectivity index is 1.50. The number of nitrogens with one attached hydrogen (secondary N) is 1. The van der Waals surface area contributed by atoms with Gasteiger partial charge in [0, 0.05) is 13.6 Å². The summed E-state index contributed by atoms with van der Waals surface area (Å²) in [7, 11) is 3.83. The highest BCUT2D eigenvalue weighted by atomic mass is 16.5. The van der Waals surface area contributed by atoms with E-state index in [1.807, 2.05) is 24.9 Å². The number of aryl methyl sites for hydroxylation is 1. The second-order valence-corrected chi connectivity index (χ2v) is 5.20. The van der Waals surface area contributed by atoms with E-state index >= 15 is 0 Å². The van der Waals surface area contributed by atoms with Crippen molar-refractivity contribution < 1.29 is 14.2 Å². The molecule has 134 valence electrons. The molecule has 0 atom stereocenters. The van der Waals surface area contributed by atoms with Gasteiger partial charge >= 0.3 is 0 Å². The Bertz CT molecular complexity index is 571. The molecule has 0 fully saturated rings. The fraction of sp³-hybridized carbons (Fsp3) is 0.667. The number of likely N-dealkylation sites (N-methyl/N-ethyl adjacent to an activating group) is 1. The molecule has 0 saturated heterocycles. The van der Waals surface area contributed by atoms with Crippen molar-refractivity contribution in [3.05, 3.63) is 18.7 Å². The molecule has 1 N–H and O–H groups in total. The maximum Gasteiger partial charge on any atom is 0.131 e. The highest BCUT2D eigenvalue weighted by molar-refractivity contribution is 5.51. The lowest BCUT2D eigenvalue weighted by molar-refractivity contribution is 0.0135. The monoisotopic (exact) mass is 338 g/mol. The van der Waals surface area contributed by atoms with E-state index in [0.717, 1.165) is 17.9 Å². The first kappa shape index (κ1) is 18.5. The van der Waals surface area contributed by atoms with Crippen LogP contribution in [-0.4, -0.2) is 77.8 Å². The van der Waals surface area contributed by atoms with Crippen molar-refractivity contribution in [3.8, 4) is 11.4 Å². The Labute approximate surface area is 141 Å².